The Balaban J connectivity index is 2.07. The number of anilines is 1. The van der Waals surface area contributed by atoms with Gasteiger partial charge >= 0.3 is 0 Å². The second-order valence-corrected chi connectivity index (χ2v) is 7.40. The first-order chi connectivity index (χ1) is 11.9. The monoisotopic (exact) mass is 362 g/mol. The number of aryl methyl sites for hydroxylation is 2. The van der Waals surface area contributed by atoms with Crippen LogP contribution in [0.1, 0.15) is 17.5 Å². The molecule has 2 rings (SSSR count). The zero-order valence-electron chi connectivity index (χ0n) is 14.5. The molecule has 0 aliphatic heterocycles. The maximum atomic E-state index is 12.2. The van der Waals surface area contributed by atoms with Crippen LogP contribution in [0, 0.1) is 6.92 Å². The van der Waals surface area contributed by atoms with Gasteiger partial charge in [-0.15, -0.1) is 0 Å². The van der Waals surface area contributed by atoms with Crippen molar-refractivity contribution in [1.82, 2.24) is 4.72 Å². The summed E-state index contributed by atoms with van der Waals surface area (Å²) >= 11 is 0. The van der Waals surface area contributed by atoms with Crippen molar-refractivity contribution in [2.24, 2.45) is 0 Å². The summed E-state index contributed by atoms with van der Waals surface area (Å²) in [4.78, 5) is 12.3. The van der Waals surface area contributed by atoms with Gasteiger partial charge in [-0.3, -0.25) is 4.79 Å². The zero-order valence-corrected chi connectivity index (χ0v) is 15.3. The fourth-order valence-electron chi connectivity index (χ4n) is 2.46. The van der Waals surface area contributed by atoms with Crippen LogP contribution in [0.5, 0.6) is 5.75 Å². The van der Waals surface area contributed by atoms with Crippen LogP contribution in [0.25, 0.3) is 0 Å². The number of hydrogen-bond donors (Lipinski definition) is 2. The minimum Gasteiger partial charge on any atom is -0.496 e. The van der Waals surface area contributed by atoms with Gasteiger partial charge in [-0.05, 0) is 49.7 Å². The lowest BCUT2D eigenvalue weighted by Crippen LogP contribution is -2.20. The number of carbonyl (C=O) groups excluding carboxylic acids is 1. The fraction of sp³-hybridized carbons (Fsp3) is 0.278. The molecule has 0 heterocycles. The van der Waals surface area contributed by atoms with Crippen molar-refractivity contribution in [2.75, 3.05) is 19.5 Å². The Bertz CT molecular complexity index is 863. The Morgan fingerprint density at radius 1 is 1.16 bits per heavy atom. The van der Waals surface area contributed by atoms with E-state index in [2.05, 4.69) is 10.0 Å². The van der Waals surface area contributed by atoms with E-state index in [1.807, 2.05) is 24.3 Å². The van der Waals surface area contributed by atoms with Gasteiger partial charge in [0.05, 0.1) is 12.0 Å². The summed E-state index contributed by atoms with van der Waals surface area (Å²) in [7, 11) is -0.623. The molecule has 0 bridgehead atoms. The van der Waals surface area contributed by atoms with Crippen LogP contribution in [-0.2, 0) is 21.2 Å². The first-order valence-corrected chi connectivity index (χ1v) is 9.31. The van der Waals surface area contributed by atoms with Crippen molar-refractivity contribution >= 4 is 21.6 Å². The average molecular weight is 362 g/mol. The summed E-state index contributed by atoms with van der Waals surface area (Å²) in [5, 5.41) is 2.74. The predicted octanol–water partition coefficient (Wildman–Crippen LogP) is 2.48. The van der Waals surface area contributed by atoms with Crippen molar-refractivity contribution in [3.8, 4) is 5.75 Å². The van der Waals surface area contributed by atoms with Crippen LogP contribution in [-0.4, -0.2) is 28.5 Å². The van der Waals surface area contributed by atoms with Crippen molar-refractivity contribution in [3.63, 3.8) is 0 Å². The van der Waals surface area contributed by atoms with Gasteiger partial charge in [-0.25, -0.2) is 13.1 Å². The Morgan fingerprint density at radius 3 is 2.56 bits per heavy atom. The molecular formula is C18H22N2O4S. The molecule has 2 N–H and O–H groups in total. The second-order valence-electron chi connectivity index (χ2n) is 5.55. The molecule has 2 aromatic carbocycles. The third-order valence-corrected chi connectivity index (χ3v) is 5.40. The van der Waals surface area contributed by atoms with Gasteiger partial charge in [-0.1, -0.05) is 24.3 Å². The van der Waals surface area contributed by atoms with E-state index in [9.17, 15) is 13.2 Å². The summed E-state index contributed by atoms with van der Waals surface area (Å²) in [6.07, 6.45) is 0.797. The molecule has 0 unspecified atom stereocenters. The fourth-order valence-corrected chi connectivity index (χ4v) is 3.45. The molecule has 25 heavy (non-hydrogen) atoms. The number of methoxy groups -OCH3 is 1. The maximum absolute atomic E-state index is 12.2. The normalized spacial score (nSPS) is 11.2. The molecule has 0 atom stereocenters. The molecule has 7 heteroatoms. The Morgan fingerprint density at radius 2 is 1.88 bits per heavy atom. The molecule has 134 valence electrons. The highest BCUT2D eigenvalue weighted by Crippen LogP contribution is 2.21. The number of hydrogen-bond acceptors (Lipinski definition) is 4. The van der Waals surface area contributed by atoms with Gasteiger partial charge in [-0.2, -0.15) is 0 Å². The van der Waals surface area contributed by atoms with Crippen molar-refractivity contribution in [3.05, 3.63) is 53.6 Å². The highest BCUT2D eigenvalue weighted by molar-refractivity contribution is 7.89. The van der Waals surface area contributed by atoms with Crippen LogP contribution >= 0.6 is 0 Å². The van der Waals surface area contributed by atoms with Gasteiger partial charge in [0, 0.05) is 12.1 Å². The van der Waals surface area contributed by atoms with Crippen LogP contribution in [0.15, 0.2) is 47.4 Å². The molecule has 2 aromatic rings. The van der Waals surface area contributed by atoms with Gasteiger partial charge in [0.15, 0.2) is 0 Å². The average Bonchev–Trinajstić information content (AvgIpc) is 2.61. The second kappa shape index (κ2) is 8.13. The molecule has 0 radical (unpaired) electrons. The number of rotatable bonds is 7. The molecule has 0 aliphatic rings. The van der Waals surface area contributed by atoms with E-state index in [4.69, 9.17) is 4.74 Å². The van der Waals surface area contributed by atoms with E-state index in [0.29, 0.717) is 17.7 Å². The Kier molecular flexibility index (Phi) is 6.17. The van der Waals surface area contributed by atoms with Gasteiger partial charge < -0.3 is 10.1 Å². The molecule has 6 nitrogen and oxygen atoms in total. The van der Waals surface area contributed by atoms with E-state index < -0.39 is 10.0 Å². The predicted molar refractivity (Wildman–Crippen MR) is 97.4 cm³/mol. The number of benzene rings is 2. The summed E-state index contributed by atoms with van der Waals surface area (Å²) in [5.41, 5.74) is 2.01. The topological polar surface area (TPSA) is 84.5 Å². The SMILES string of the molecule is CNS(=O)(=O)c1cc(NC(=O)CCc2ccccc2OC)ccc1C. The Hall–Kier alpha value is -2.38. The number of carbonyl (C=O) groups is 1. The first-order valence-electron chi connectivity index (χ1n) is 7.83. The maximum Gasteiger partial charge on any atom is 0.240 e. The number of sulfonamides is 1. The lowest BCUT2D eigenvalue weighted by atomic mass is 10.1. The molecule has 0 saturated heterocycles. The number of amides is 1. The summed E-state index contributed by atoms with van der Waals surface area (Å²) in [6, 6.07) is 12.3. The van der Waals surface area contributed by atoms with Crippen LogP contribution in [0.3, 0.4) is 0 Å². The molecule has 1 amide bonds. The number of para-hydroxylation sites is 1. The van der Waals surface area contributed by atoms with E-state index in [1.165, 1.54) is 13.1 Å². The molecule has 0 saturated carbocycles. The van der Waals surface area contributed by atoms with E-state index in [0.717, 1.165) is 11.3 Å². The third kappa shape index (κ3) is 4.80. The molecule has 0 spiro atoms. The highest BCUT2D eigenvalue weighted by atomic mass is 32.2. The number of ether oxygens (including phenoxy) is 1. The molecule has 0 aliphatic carbocycles. The van der Waals surface area contributed by atoms with Crippen molar-refractivity contribution in [2.45, 2.75) is 24.7 Å². The standard InChI is InChI=1S/C18H22N2O4S/c1-13-8-10-15(12-17(13)25(22,23)19-2)20-18(21)11-9-14-6-4-5-7-16(14)24-3/h4-8,10,12,19H,9,11H2,1-3H3,(H,20,21). The largest absolute Gasteiger partial charge is 0.496 e. The van der Waals surface area contributed by atoms with Crippen LogP contribution < -0.4 is 14.8 Å². The summed E-state index contributed by atoms with van der Waals surface area (Å²) < 4.78 is 31.6. The zero-order chi connectivity index (χ0) is 18.4. The van der Waals surface area contributed by atoms with Gasteiger partial charge in [0.1, 0.15) is 5.75 Å². The van der Waals surface area contributed by atoms with Gasteiger partial charge in [0.2, 0.25) is 15.9 Å². The summed E-state index contributed by atoms with van der Waals surface area (Å²) in [6.45, 7) is 1.71. The van der Waals surface area contributed by atoms with E-state index in [-0.39, 0.29) is 17.2 Å². The Labute approximate surface area is 148 Å². The molecule has 0 fully saturated rings. The quantitative estimate of drug-likeness (QED) is 0.792. The number of nitrogens with one attached hydrogen (secondary N) is 2. The van der Waals surface area contributed by atoms with Crippen LogP contribution in [0.2, 0.25) is 0 Å². The molecule has 0 aromatic heterocycles. The van der Waals surface area contributed by atoms with Crippen molar-refractivity contribution in [1.29, 1.82) is 0 Å². The minimum atomic E-state index is -3.57. The van der Waals surface area contributed by atoms with Crippen LogP contribution in [0.4, 0.5) is 5.69 Å². The highest BCUT2D eigenvalue weighted by Gasteiger charge is 2.16. The van der Waals surface area contributed by atoms with Gasteiger partial charge in [0.25, 0.3) is 0 Å². The van der Waals surface area contributed by atoms with Crippen molar-refractivity contribution < 1.29 is 17.9 Å². The smallest absolute Gasteiger partial charge is 0.240 e. The minimum absolute atomic E-state index is 0.150. The lowest BCUT2D eigenvalue weighted by Gasteiger charge is -2.11. The summed E-state index contributed by atoms with van der Waals surface area (Å²) in [5.74, 6) is 0.551. The third-order valence-electron chi connectivity index (χ3n) is 3.84. The molecular weight excluding hydrogens is 340 g/mol. The van der Waals surface area contributed by atoms with E-state index in [1.54, 1.807) is 26.2 Å². The van der Waals surface area contributed by atoms with E-state index >= 15 is 0 Å². The lowest BCUT2D eigenvalue weighted by molar-refractivity contribution is -0.116. The first kappa shape index (κ1) is 19.0.